The molecule has 88 valence electrons. The highest BCUT2D eigenvalue weighted by molar-refractivity contribution is 5.70. The van der Waals surface area contributed by atoms with E-state index in [0.717, 1.165) is 19.3 Å². The second-order valence-corrected chi connectivity index (χ2v) is 4.98. The number of nitrogens with two attached hydrogens (primary N) is 1. The average Bonchev–Trinajstić information content (AvgIpc) is 2.59. The van der Waals surface area contributed by atoms with Gasteiger partial charge in [0.1, 0.15) is 0 Å². The van der Waals surface area contributed by atoms with Crippen LogP contribution in [0.4, 0.5) is 0 Å². The van der Waals surface area contributed by atoms with Crippen molar-refractivity contribution in [1.29, 1.82) is 0 Å². The van der Waals surface area contributed by atoms with E-state index in [-0.39, 0.29) is 17.4 Å². The second kappa shape index (κ2) is 4.97. The number of esters is 1. The molecule has 3 nitrogen and oxygen atoms in total. The van der Waals surface area contributed by atoms with E-state index in [4.69, 9.17) is 10.5 Å². The number of hydrogen-bond acceptors (Lipinski definition) is 3. The zero-order valence-corrected chi connectivity index (χ0v) is 10.1. The molecule has 0 spiro atoms. The Morgan fingerprint density at radius 1 is 1.67 bits per heavy atom. The lowest BCUT2D eigenvalue weighted by Gasteiger charge is -2.34. The first-order valence-corrected chi connectivity index (χ1v) is 5.86. The van der Waals surface area contributed by atoms with Crippen LogP contribution in [0.2, 0.25) is 0 Å². The first-order valence-electron chi connectivity index (χ1n) is 5.86. The molecule has 0 saturated heterocycles. The largest absolute Gasteiger partial charge is 0.469 e. The monoisotopic (exact) mass is 213 g/mol. The molecule has 0 bridgehead atoms. The van der Waals surface area contributed by atoms with E-state index >= 15 is 0 Å². The molecule has 0 heterocycles. The lowest BCUT2D eigenvalue weighted by molar-refractivity contribution is -0.143. The lowest BCUT2D eigenvalue weighted by atomic mass is 9.74. The standard InChI is InChI=1S/C12H23NO2/c1-4-10(13)12(8-11(14)15-3)6-5-9(2)7-12/h9-10H,4-8,13H2,1-3H3. The minimum absolute atomic E-state index is 0.00125. The van der Waals surface area contributed by atoms with Gasteiger partial charge < -0.3 is 10.5 Å². The molecule has 1 fully saturated rings. The molecule has 1 rings (SSSR count). The molecule has 2 N–H and O–H groups in total. The van der Waals surface area contributed by atoms with Crippen molar-refractivity contribution in [3.63, 3.8) is 0 Å². The third-order valence-electron chi connectivity index (χ3n) is 3.84. The molecule has 3 unspecified atom stereocenters. The predicted molar refractivity (Wildman–Crippen MR) is 60.3 cm³/mol. The van der Waals surface area contributed by atoms with Crippen molar-refractivity contribution < 1.29 is 9.53 Å². The summed E-state index contributed by atoms with van der Waals surface area (Å²) in [5, 5.41) is 0. The normalized spacial score (nSPS) is 32.7. The molecular formula is C12H23NO2. The summed E-state index contributed by atoms with van der Waals surface area (Å²) in [7, 11) is 1.45. The molecule has 0 aliphatic heterocycles. The topological polar surface area (TPSA) is 52.3 Å². The number of rotatable bonds is 4. The fourth-order valence-corrected chi connectivity index (χ4v) is 2.85. The van der Waals surface area contributed by atoms with E-state index < -0.39 is 0 Å². The summed E-state index contributed by atoms with van der Waals surface area (Å²) in [5.41, 5.74) is 6.17. The fraction of sp³-hybridized carbons (Fsp3) is 0.917. The van der Waals surface area contributed by atoms with Crippen LogP contribution < -0.4 is 5.73 Å². The van der Waals surface area contributed by atoms with Gasteiger partial charge in [-0.15, -0.1) is 0 Å². The van der Waals surface area contributed by atoms with Crippen molar-refractivity contribution in [3.8, 4) is 0 Å². The van der Waals surface area contributed by atoms with Crippen molar-refractivity contribution in [1.82, 2.24) is 0 Å². The van der Waals surface area contributed by atoms with Crippen LogP contribution in [0.1, 0.15) is 46.0 Å². The summed E-state index contributed by atoms with van der Waals surface area (Å²) in [6.45, 7) is 4.33. The number of hydrogen-bond donors (Lipinski definition) is 1. The van der Waals surface area contributed by atoms with Gasteiger partial charge in [0, 0.05) is 6.04 Å². The smallest absolute Gasteiger partial charge is 0.306 e. The maximum absolute atomic E-state index is 11.4. The van der Waals surface area contributed by atoms with Crippen LogP contribution in [-0.2, 0) is 9.53 Å². The minimum atomic E-state index is -0.118. The van der Waals surface area contributed by atoms with Gasteiger partial charge in [-0.05, 0) is 30.6 Å². The molecular weight excluding hydrogens is 190 g/mol. The van der Waals surface area contributed by atoms with Crippen molar-refractivity contribution >= 4 is 5.97 Å². The molecule has 0 aromatic carbocycles. The highest BCUT2D eigenvalue weighted by Gasteiger charge is 2.43. The summed E-state index contributed by atoms with van der Waals surface area (Å²) < 4.78 is 4.77. The molecule has 0 amide bonds. The Morgan fingerprint density at radius 2 is 2.33 bits per heavy atom. The summed E-state index contributed by atoms with van der Waals surface area (Å²) in [4.78, 5) is 11.4. The van der Waals surface area contributed by atoms with Crippen molar-refractivity contribution in [2.75, 3.05) is 7.11 Å². The Labute approximate surface area is 92.4 Å². The number of carbonyl (C=O) groups is 1. The van der Waals surface area contributed by atoms with Crippen molar-refractivity contribution in [2.24, 2.45) is 17.1 Å². The zero-order valence-electron chi connectivity index (χ0n) is 10.1. The quantitative estimate of drug-likeness (QED) is 0.727. The Hall–Kier alpha value is -0.570. The van der Waals surface area contributed by atoms with Gasteiger partial charge in [0.2, 0.25) is 0 Å². The molecule has 0 aromatic heterocycles. The van der Waals surface area contributed by atoms with Gasteiger partial charge in [-0.1, -0.05) is 20.3 Å². The van der Waals surface area contributed by atoms with Crippen LogP contribution in [-0.4, -0.2) is 19.1 Å². The summed E-state index contributed by atoms with van der Waals surface area (Å²) >= 11 is 0. The first-order chi connectivity index (χ1) is 7.04. The van der Waals surface area contributed by atoms with Crippen molar-refractivity contribution in [2.45, 2.75) is 52.0 Å². The molecule has 1 aliphatic carbocycles. The molecule has 0 aromatic rings. The third-order valence-corrected chi connectivity index (χ3v) is 3.84. The van der Waals surface area contributed by atoms with E-state index in [2.05, 4.69) is 13.8 Å². The van der Waals surface area contributed by atoms with Crippen LogP contribution in [0, 0.1) is 11.3 Å². The summed E-state index contributed by atoms with van der Waals surface area (Å²) in [6, 6.07) is 0.126. The van der Waals surface area contributed by atoms with Gasteiger partial charge in [0.05, 0.1) is 13.5 Å². The van der Waals surface area contributed by atoms with Crippen LogP contribution >= 0.6 is 0 Å². The predicted octanol–water partition coefficient (Wildman–Crippen LogP) is 2.09. The molecule has 1 saturated carbocycles. The number of ether oxygens (including phenoxy) is 1. The number of carbonyl (C=O) groups excluding carboxylic acids is 1. The Kier molecular flexibility index (Phi) is 4.14. The molecule has 15 heavy (non-hydrogen) atoms. The van der Waals surface area contributed by atoms with E-state index in [0.29, 0.717) is 12.3 Å². The van der Waals surface area contributed by atoms with Crippen LogP contribution in [0.15, 0.2) is 0 Å². The lowest BCUT2D eigenvalue weighted by Crippen LogP contribution is -2.41. The average molecular weight is 213 g/mol. The Balaban J connectivity index is 2.73. The highest BCUT2D eigenvalue weighted by atomic mass is 16.5. The SMILES string of the molecule is CCC(N)C1(CC(=O)OC)CCC(C)C1. The van der Waals surface area contributed by atoms with Crippen LogP contribution in [0.5, 0.6) is 0 Å². The van der Waals surface area contributed by atoms with E-state index in [1.54, 1.807) is 0 Å². The maximum Gasteiger partial charge on any atom is 0.306 e. The summed E-state index contributed by atoms with van der Waals surface area (Å²) in [5.74, 6) is 0.570. The first kappa shape index (κ1) is 12.5. The van der Waals surface area contributed by atoms with Gasteiger partial charge in [-0.25, -0.2) is 0 Å². The fourth-order valence-electron chi connectivity index (χ4n) is 2.85. The van der Waals surface area contributed by atoms with Crippen LogP contribution in [0.3, 0.4) is 0 Å². The van der Waals surface area contributed by atoms with Gasteiger partial charge in [0.25, 0.3) is 0 Å². The van der Waals surface area contributed by atoms with E-state index in [1.807, 2.05) is 0 Å². The van der Waals surface area contributed by atoms with E-state index in [1.165, 1.54) is 13.5 Å². The third kappa shape index (κ3) is 2.71. The molecule has 0 radical (unpaired) electrons. The maximum atomic E-state index is 11.4. The van der Waals surface area contributed by atoms with Gasteiger partial charge in [-0.3, -0.25) is 4.79 Å². The van der Waals surface area contributed by atoms with Crippen molar-refractivity contribution in [3.05, 3.63) is 0 Å². The Bertz CT molecular complexity index is 230. The molecule has 1 aliphatic rings. The molecule has 3 heteroatoms. The Morgan fingerprint density at radius 3 is 2.73 bits per heavy atom. The molecule has 3 atom stereocenters. The minimum Gasteiger partial charge on any atom is -0.469 e. The van der Waals surface area contributed by atoms with Gasteiger partial charge >= 0.3 is 5.97 Å². The van der Waals surface area contributed by atoms with Gasteiger partial charge in [0.15, 0.2) is 0 Å². The van der Waals surface area contributed by atoms with Crippen LogP contribution in [0.25, 0.3) is 0 Å². The zero-order chi connectivity index (χ0) is 11.5. The number of methoxy groups -OCH3 is 1. The van der Waals surface area contributed by atoms with E-state index in [9.17, 15) is 4.79 Å². The van der Waals surface area contributed by atoms with Gasteiger partial charge in [-0.2, -0.15) is 0 Å². The highest BCUT2D eigenvalue weighted by Crippen LogP contribution is 2.47. The summed E-state index contributed by atoms with van der Waals surface area (Å²) in [6.07, 6.45) is 4.74. The second-order valence-electron chi connectivity index (χ2n) is 4.98.